The molecule has 0 aliphatic heterocycles. The molecule has 5 nitrogen and oxygen atoms in total. The van der Waals surface area contributed by atoms with Crippen molar-refractivity contribution in [3.8, 4) is 5.75 Å². The average Bonchev–Trinajstić information content (AvgIpc) is 3.05. The second kappa shape index (κ2) is 7.88. The molecule has 1 aromatic carbocycles. The maximum absolute atomic E-state index is 11.8. The third kappa shape index (κ3) is 4.63. The molecule has 2 rings (SSSR count). The molecule has 1 aliphatic carbocycles. The lowest BCUT2D eigenvalue weighted by molar-refractivity contribution is -0.120. The fourth-order valence-electron chi connectivity index (χ4n) is 2.76. The summed E-state index contributed by atoms with van der Waals surface area (Å²) in [6, 6.07) is 7.46. The third-order valence-corrected chi connectivity index (χ3v) is 4.00. The Kier molecular flexibility index (Phi) is 5.87. The molecule has 116 valence electrons. The van der Waals surface area contributed by atoms with E-state index in [1.807, 2.05) is 24.3 Å². The Morgan fingerprint density at radius 2 is 2.10 bits per heavy atom. The summed E-state index contributed by atoms with van der Waals surface area (Å²) in [5, 5.41) is 15.8. The molecule has 0 spiro atoms. The molecule has 1 aliphatic rings. The number of rotatable bonds is 7. The molecule has 0 aromatic heterocycles. The van der Waals surface area contributed by atoms with Crippen LogP contribution in [0.5, 0.6) is 5.75 Å². The van der Waals surface area contributed by atoms with Crippen LogP contribution in [0, 0.1) is 5.92 Å². The SMILES string of the molecule is COc1ccccc1NCC(=O)NCC(O)C1CCCC1. The first kappa shape index (κ1) is 15.6. The Balaban J connectivity index is 1.72. The van der Waals surface area contributed by atoms with Gasteiger partial charge < -0.3 is 20.5 Å². The topological polar surface area (TPSA) is 70.6 Å². The van der Waals surface area contributed by atoms with E-state index < -0.39 is 6.10 Å². The molecule has 1 aromatic rings. The Hall–Kier alpha value is -1.75. The quantitative estimate of drug-likeness (QED) is 0.716. The van der Waals surface area contributed by atoms with Gasteiger partial charge in [-0.15, -0.1) is 0 Å². The number of para-hydroxylation sites is 2. The molecule has 1 amide bonds. The van der Waals surface area contributed by atoms with Crippen LogP contribution in [0.15, 0.2) is 24.3 Å². The number of nitrogens with one attached hydrogen (secondary N) is 2. The van der Waals surface area contributed by atoms with Crippen LogP contribution in [0.4, 0.5) is 5.69 Å². The number of hydrogen-bond donors (Lipinski definition) is 3. The van der Waals surface area contributed by atoms with Gasteiger partial charge in [-0.25, -0.2) is 0 Å². The van der Waals surface area contributed by atoms with Crippen LogP contribution in [0.25, 0.3) is 0 Å². The van der Waals surface area contributed by atoms with Crippen LogP contribution in [0.1, 0.15) is 25.7 Å². The van der Waals surface area contributed by atoms with Gasteiger partial charge in [0.25, 0.3) is 0 Å². The van der Waals surface area contributed by atoms with E-state index in [1.54, 1.807) is 7.11 Å². The largest absolute Gasteiger partial charge is 0.495 e. The van der Waals surface area contributed by atoms with Crippen LogP contribution < -0.4 is 15.4 Å². The van der Waals surface area contributed by atoms with Gasteiger partial charge in [-0.2, -0.15) is 0 Å². The predicted molar refractivity (Wildman–Crippen MR) is 82.5 cm³/mol. The summed E-state index contributed by atoms with van der Waals surface area (Å²) in [5.41, 5.74) is 0.784. The number of methoxy groups -OCH3 is 1. The molecule has 1 saturated carbocycles. The van der Waals surface area contributed by atoms with Gasteiger partial charge in [0, 0.05) is 6.54 Å². The summed E-state index contributed by atoms with van der Waals surface area (Å²) in [6.45, 7) is 0.495. The predicted octanol–water partition coefficient (Wildman–Crippen LogP) is 1.77. The molecule has 0 heterocycles. The molecular weight excluding hydrogens is 268 g/mol. The normalized spacial score (nSPS) is 16.5. The van der Waals surface area contributed by atoms with Crippen molar-refractivity contribution >= 4 is 11.6 Å². The highest BCUT2D eigenvalue weighted by Crippen LogP contribution is 2.27. The van der Waals surface area contributed by atoms with Crippen molar-refractivity contribution in [2.75, 3.05) is 25.5 Å². The lowest BCUT2D eigenvalue weighted by atomic mass is 10.0. The molecule has 1 unspecified atom stereocenters. The average molecular weight is 292 g/mol. The van der Waals surface area contributed by atoms with Crippen molar-refractivity contribution in [3.05, 3.63) is 24.3 Å². The number of carbonyl (C=O) groups is 1. The van der Waals surface area contributed by atoms with E-state index in [0.29, 0.717) is 18.2 Å². The summed E-state index contributed by atoms with van der Waals surface area (Å²) < 4.78 is 5.21. The first-order valence-corrected chi connectivity index (χ1v) is 7.52. The Morgan fingerprint density at radius 3 is 2.81 bits per heavy atom. The third-order valence-electron chi connectivity index (χ3n) is 4.00. The zero-order chi connectivity index (χ0) is 15.1. The van der Waals surface area contributed by atoms with Crippen LogP contribution in [0.3, 0.4) is 0 Å². The van der Waals surface area contributed by atoms with Crippen LogP contribution in [0.2, 0.25) is 0 Å². The molecule has 5 heteroatoms. The number of carbonyl (C=O) groups excluding carboxylic acids is 1. The molecule has 0 saturated heterocycles. The smallest absolute Gasteiger partial charge is 0.239 e. The lowest BCUT2D eigenvalue weighted by Gasteiger charge is -2.18. The van der Waals surface area contributed by atoms with Crippen molar-refractivity contribution in [2.45, 2.75) is 31.8 Å². The van der Waals surface area contributed by atoms with Crippen molar-refractivity contribution in [3.63, 3.8) is 0 Å². The molecule has 0 bridgehead atoms. The van der Waals surface area contributed by atoms with Gasteiger partial charge in [-0.1, -0.05) is 25.0 Å². The number of anilines is 1. The summed E-state index contributed by atoms with van der Waals surface area (Å²) in [5.74, 6) is 0.918. The van der Waals surface area contributed by atoms with E-state index in [0.717, 1.165) is 18.5 Å². The Morgan fingerprint density at radius 1 is 1.38 bits per heavy atom. The second-order valence-corrected chi connectivity index (χ2v) is 5.47. The lowest BCUT2D eigenvalue weighted by Crippen LogP contribution is -2.38. The number of aliphatic hydroxyl groups is 1. The van der Waals surface area contributed by atoms with E-state index in [1.165, 1.54) is 12.8 Å². The second-order valence-electron chi connectivity index (χ2n) is 5.47. The van der Waals surface area contributed by atoms with Gasteiger partial charge in [-0.3, -0.25) is 4.79 Å². The van der Waals surface area contributed by atoms with Crippen LogP contribution >= 0.6 is 0 Å². The van der Waals surface area contributed by atoms with Gasteiger partial charge in [0.05, 0.1) is 25.4 Å². The Bertz CT molecular complexity index is 459. The maximum atomic E-state index is 11.8. The maximum Gasteiger partial charge on any atom is 0.239 e. The first-order chi connectivity index (χ1) is 10.2. The van der Waals surface area contributed by atoms with E-state index in [-0.39, 0.29) is 12.5 Å². The van der Waals surface area contributed by atoms with Gasteiger partial charge in [0.2, 0.25) is 5.91 Å². The highest BCUT2D eigenvalue weighted by atomic mass is 16.5. The highest BCUT2D eigenvalue weighted by molar-refractivity contribution is 5.81. The molecule has 21 heavy (non-hydrogen) atoms. The van der Waals surface area contributed by atoms with E-state index in [9.17, 15) is 9.90 Å². The fourth-order valence-corrected chi connectivity index (χ4v) is 2.76. The standard InChI is InChI=1S/C16H24N2O3/c1-21-15-9-5-4-8-13(15)17-11-16(20)18-10-14(19)12-6-2-3-7-12/h4-5,8-9,12,14,17,19H,2-3,6-7,10-11H2,1H3,(H,18,20). The van der Waals surface area contributed by atoms with E-state index in [2.05, 4.69) is 10.6 Å². The van der Waals surface area contributed by atoms with Crippen LogP contribution in [-0.4, -0.2) is 37.3 Å². The zero-order valence-electron chi connectivity index (χ0n) is 12.5. The van der Waals surface area contributed by atoms with Crippen molar-refractivity contribution < 1.29 is 14.6 Å². The fraction of sp³-hybridized carbons (Fsp3) is 0.562. The van der Waals surface area contributed by atoms with Crippen molar-refractivity contribution in [1.82, 2.24) is 5.32 Å². The van der Waals surface area contributed by atoms with E-state index in [4.69, 9.17) is 4.74 Å². The summed E-state index contributed by atoms with van der Waals surface area (Å²) >= 11 is 0. The van der Waals surface area contributed by atoms with Gasteiger partial charge in [-0.05, 0) is 30.9 Å². The molecule has 1 fully saturated rings. The zero-order valence-corrected chi connectivity index (χ0v) is 12.5. The van der Waals surface area contributed by atoms with Crippen molar-refractivity contribution in [2.24, 2.45) is 5.92 Å². The number of benzene rings is 1. The summed E-state index contributed by atoms with van der Waals surface area (Å²) in [4.78, 5) is 11.8. The minimum absolute atomic E-state index is 0.127. The van der Waals surface area contributed by atoms with Gasteiger partial charge in [0.15, 0.2) is 0 Å². The minimum atomic E-state index is -0.428. The molecule has 1 atom stereocenters. The van der Waals surface area contributed by atoms with Gasteiger partial charge >= 0.3 is 0 Å². The van der Waals surface area contributed by atoms with Crippen LogP contribution in [-0.2, 0) is 4.79 Å². The van der Waals surface area contributed by atoms with Gasteiger partial charge in [0.1, 0.15) is 5.75 Å². The summed E-state index contributed by atoms with van der Waals surface area (Å²) in [6.07, 6.45) is 4.07. The monoisotopic (exact) mass is 292 g/mol. The Labute approximate surface area is 125 Å². The molecule has 0 radical (unpaired) electrons. The minimum Gasteiger partial charge on any atom is -0.495 e. The molecular formula is C16H24N2O3. The first-order valence-electron chi connectivity index (χ1n) is 7.52. The van der Waals surface area contributed by atoms with Crippen molar-refractivity contribution in [1.29, 1.82) is 0 Å². The number of hydrogen-bond acceptors (Lipinski definition) is 4. The summed E-state index contributed by atoms with van der Waals surface area (Å²) in [7, 11) is 1.60. The number of ether oxygens (including phenoxy) is 1. The number of aliphatic hydroxyl groups excluding tert-OH is 1. The number of amides is 1. The van der Waals surface area contributed by atoms with E-state index >= 15 is 0 Å². The molecule has 3 N–H and O–H groups in total. The highest BCUT2D eigenvalue weighted by Gasteiger charge is 2.23.